The molecule has 0 fully saturated rings. The highest BCUT2D eigenvalue weighted by Gasteiger charge is 1.85. The van der Waals surface area contributed by atoms with E-state index in [0.29, 0.717) is 0 Å². The molecule has 40 valence electrons. The third-order valence-corrected chi connectivity index (χ3v) is 0.470. The van der Waals surface area contributed by atoms with Gasteiger partial charge >= 0.3 is 0 Å². The number of aromatic nitrogens is 4. The van der Waals surface area contributed by atoms with Crippen LogP contribution in [0.5, 0.6) is 0 Å². The Bertz CT molecular complexity index is 190. The summed E-state index contributed by atoms with van der Waals surface area (Å²) in [4.78, 5) is 3.34. The monoisotopic (exact) mass is 111 g/mol. The standard InChI is InChI=1S/CHN7/c2-4-6-8-1-3-5-7-8/h1H. The third kappa shape index (κ3) is 0.713. The minimum Gasteiger partial charge on any atom is -0.166 e. The Morgan fingerprint density at radius 2 is 2.62 bits per heavy atom. The lowest BCUT2D eigenvalue weighted by Crippen LogP contribution is -1.84. The Morgan fingerprint density at radius 3 is 3.12 bits per heavy atom. The highest BCUT2D eigenvalue weighted by atomic mass is 15.7. The van der Waals surface area contributed by atoms with Crippen molar-refractivity contribution >= 4 is 0 Å². The molecule has 0 aliphatic rings. The molecule has 8 heavy (non-hydrogen) atoms. The van der Waals surface area contributed by atoms with Crippen molar-refractivity contribution in [3.05, 3.63) is 16.8 Å². The van der Waals surface area contributed by atoms with Gasteiger partial charge in [-0.2, -0.15) is 4.91 Å². The number of tetrazole rings is 1. The van der Waals surface area contributed by atoms with E-state index in [4.69, 9.17) is 5.53 Å². The van der Waals surface area contributed by atoms with Crippen molar-refractivity contribution in [3.63, 3.8) is 0 Å². The molecule has 0 aromatic carbocycles. The minimum absolute atomic E-state index is 0.917. The summed E-state index contributed by atoms with van der Waals surface area (Å²) < 4.78 is 0. The Morgan fingerprint density at radius 1 is 1.75 bits per heavy atom. The SMILES string of the molecule is [N-]=[N+]=Nn1cnnn1. The summed E-state index contributed by atoms with van der Waals surface area (Å²) in [5.41, 5.74) is 7.78. The van der Waals surface area contributed by atoms with Crippen LogP contribution in [0.4, 0.5) is 0 Å². The second-order valence-electron chi connectivity index (χ2n) is 0.909. The van der Waals surface area contributed by atoms with Gasteiger partial charge in [0.05, 0.1) is 5.21 Å². The van der Waals surface area contributed by atoms with E-state index in [1.165, 1.54) is 6.33 Å². The van der Waals surface area contributed by atoms with Crippen LogP contribution in [0.1, 0.15) is 0 Å². The lowest BCUT2D eigenvalue weighted by Gasteiger charge is -1.68. The summed E-state index contributed by atoms with van der Waals surface area (Å²) in [6, 6.07) is 0. The van der Waals surface area contributed by atoms with Gasteiger partial charge in [0.1, 0.15) is 0 Å². The summed E-state index contributed by atoms with van der Waals surface area (Å²) in [6.07, 6.45) is 1.19. The van der Waals surface area contributed by atoms with E-state index in [0.717, 1.165) is 4.79 Å². The maximum atomic E-state index is 7.78. The second kappa shape index (κ2) is 1.90. The van der Waals surface area contributed by atoms with Crippen LogP contribution in [-0.2, 0) is 0 Å². The largest absolute Gasteiger partial charge is 0.237 e. The van der Waals surface area contributed by atoms with Gasteiger partial charge in [0, 0.05) is 5.22 Å². The smallest absolute Gasteiger partial charge is 0.166 e. The zero-order chi connectivity index (χ0) is 5.82. The van der Waals surface area contributed by atoms with Crippen molar-refractivity contribution in [1.82, 2.24) is 20.3 Å². The van der Waals surface area contributed by atoms with Crippen molar-refractivity contribution in [1.29, 1.82) is 0 Å². The van der Waals surface area contributed by atoms with Gasteiger partial charge in [-0.25, -0.2) is 0 Å². The van der Waals surface area contributed by atoms with Gasteiger partial charge in [0.15, 0.2) is 0 Å². The molecule has 0 amide bonds. The molecule has 0 saturated heterocycles. The van der Waals surface area contributed by atoms with Crippen molar-refractivity contribution in [2.45, 2.75) is 0 Å². The second-order valence-corrected chi connectivity index (χ2v) is 0.909. The lowest BCUT2D eigenvalue weighted by atomic mass is 11.4. The fraction of sp³-hybridized carbons (Fsp3) is 0. The number of nitrogens with zero attached hydrogens (tertiary/aromatic N) is 7. The fourth-order valence-corrected chi connectivity index (χ4v) is 0.238. The molecule has 0 atom stereocenters. The van der Waals surface area contributed by atoms with E-state index in [9.17, 15) is 0 Å². The van der Waals surface area contributed by atoms with E-state index in [-0.39, 0.29) is 0 Å². The van der Waals surface area contributed by atoms with Crippen molar-refractivity contribution in [2.75, 3.05) is 0 Å². The Balaban J connectivity index is 2.93. The molecule has 0 radical (unpaired) electrons. The summed E-state index contributed by atoms with van der Waals surface area (Å²) in [5, 5.41) is 12.7. The van der Waals surface area contributed by atoms with Gasteiger partial charge in [-0.05, 0) is 10.0 Å². The van der Waals surface area contributed by atoms with Crippen LogP contribution in [0.2, 0.25) is 0 Å². The van der Waals surface area contributed by atoms with Crippen LogP contribution in [0.3, 0.4) is 0 Å². The summed E-state index contributed by atoms with van der Waals surface area (Å²) in [5.74, 6) is 0. The number of rotatable bonds is 1. The average molecular weight is 111 g/mol. The molecule has 7 heteroatoms. The van der Waals surface area contributed by atoms with E-state index in [2.05, 4.69) is 25.7 Å². The molecule has 0 aliphatic carbocycles. The molecule has 0 unspecified atom stereocenters. The van der Waals surface area contributed by atoms with Gasteiger partial charge < -0.3 is 0 Å². The molecular formula is CHN7. The number of hydrogen-bond acceptors (Lipinski definition) is 4. The molecule has 0 spiro atoms. The third-order valence-electron chi connectivity index (χ3n) is 0.470. The molecular weight excluding hydrogens is 110 g/mol. The van der Waals surface area contributed by atoms with Crippen molar-refractivity contribution < 1.29 is 0 Å². The van der Waals surface area contributed by atoms with Crippen LogP contribution in [0.25, 0.3) is 10.4 Å². The van der Waals surface area contributed by atoms with E-state index < -0.39 is 0 Å². The van der Waals surface area contributed by atoms with Crippen molar-refractivity contribution in [2.24, 2.45) is 5.22 Å². The minimum atomic E-state index is 0.917. The van der Waals surface area contributed by atoms with Crippen molar-refractivity contribution in [3.8, 4) is 0 Å². The van der Waals surface area contributed by atoms with Gasteiger partial charge in [-0.15, -0.1) is 5.53 Å². The number of hydrogen-bond donors (Lipinski definition) is 0. The highest BCUT2D eigenvalue weighted by Crippen LogP contribution is 1.72. The Labute approximate surface area is 43.5 Å². The van der Waals surface area contributed by atoms with E-state index in [1.54, 1.807) is 0 Å². The van der Waals surface area contributed by atoms with Crippen LogP contribution < -0.4 is 0 Å². The molecule has 0 N–H and O–H groups in total. The first-order valence-corrected chi connectivity index (χ1v) is 1.72. The first-order chi connectivity index (χ1) is 3.93. The molecule has 1 aromatic heterocycles. The Kier molecular flexibility index (Phi) is 1.07. The van der Waals surface area contributed by atoms with Crippen LogP contribution >= 0.6 is 0 Å². The summed E-state index contributed by atoms with van der Waals surface area (Å²) >= 11 is 0. The predicted octanol–water partition coefficient (Wildman–Crippen LogP) is -0.254. The maximum absolute atomic E-state index is 7.78. The molecule has 0 saturated carbocycles. The Hall–Kier alpha value is -1.62. The fourth-order valence-electron chi connectivity index (χ4n) is 0.238. The van der Waals surface area contributed by atoms with Gasteiger partial charge in [-0.3, -0.25) is 0 Å². The molecule has 0 aliphatic heterocycles. The zero-order valence-corrected chi connectivity index (χ0v) is 3.71. The normalized spacial score (nSPS) is 8.00. The van der Waals surface area contributed by atoms with Gasteiger partial charge in [0.2, 0.25) is 6.33 Å². The van der Waals surface area contributed by atoms with Gasteiger partial charge in [0.25, 0.3) is 0 Å². The molecule has 1 heterocycles. The van der Waals surface area contributed by atoms with Crippen LogP contribution in [0.15, 0.2) is 11.6 Å². The van der Waals surface area contributed by atoms with E-state index >= 15 is 0 Å². The zero-order valence-electron chi connectivity index (χ0n) is 3.71. The molecule has 1 rings (SSSR count). The highest BCUT2D eigenvalue weighted by molar-refractivity contribution is 4.44. The quantitative estimate of drug-likeness (QED) is 0.284. The average Bonchev–Trinajstić information content (AvgIpc) is 2.19. The topological polar surface area (TPSA) is 92.4 Å². The van der Waals surface area contributed by atoms with Crippen LogP contribution in [-0.4, -0.2) is 20.3 Å². The summed E-state index contributed by atoms with van der Waals surface area (Å²) in [7, 11) is 0. The van der Waals surface area contributed by atoms with Gasteiger partial charge in [-0.1, -0.05) is 5.10 Å². The molecule has 7 nitrogen and oxygen atoms in total. The summed E-state index contributed by atoms with van der Waals surface area (Å²) in [6.45, 7) is 0. The maximum Gasteiger partial charge on any atom is 0.237 e. The number of azide groups is 1. The van der Waals surface area contributed by atoms with E-state index in [1.807, 2.05) is 0 Å². The first kappa shape index (κ1) is 4.54. The molecule has 1 aromatic rings. The predicted molar refractivity (Wildman–Crippen MR) is 22.4 cm³/mol. The first-order valence-electron chi connectivity index (χ1n) is 1.72. The van der Waals surface area contributed by atoms with Crippen LogP contribution in [0, 0.1) is 0 Å². The lowest BCUT2D eigenvalue weighted by molar-refractivity contribution is 0.681. The molecule has 0 bridgehead atoms.